The Labute approximate surface area is 90.1 Å². The van der Waals surface area contributed by atoms with Crippen molar-refractivity contribution in [3.05, 3.63) is 24.3 Å². The van der Waals surface area contributed by atoms with Crippen molar-refractivity contribution in [2.24, 2.45) is 0 Å². The zero-order chi connectivity index (χ0) is 9.10. The first kappa shape index (κ1) is 9.82. The molecule has 0 bridgehead atoms. The van der Waals surface area contributed by atoms with Crippen LogP contribution in [0.3, 0.4) is 0 Å². The number of anilines is 1. The van der Waals surface area contributed by atoms with Gasteiger partial charge in [-0.3, -0.25) is 0 Å². The van der Waals surface area contributed by atoms with Crippen LogP contribution in [0, 0.1) is 0 Å². The zero-order valence-corrected chi connectivity index (χ0v) is 10.8. The number of nitrogen functional groups attached to an aromatic ring is 1. The number of rotatable bonds is 1. The minimum atomic E-state index is -0.795. The molecule has 0 radical (unpaired) electrons. The molecule has 1 aromatic rings. The average Bonchev–Trinajstić information content (AvgIpc) is 2.20. The number of hydrogen-bond acceptors (Lipinski definition) is 3. The van der Waals surface area contributed by atoms with E-state index in [0.717, 1.165) is 5.69 Å². The molecule has 0 unspecified atom stereocenters. The maximum atomic E-state index is 5.66. The van der Waals surface area contributed by atoms with Gasteiger partial charge in [0.2, 0.25) is 0 Å². The molecule has 1 aromatic carbocycles. The molecule has 0 aliphatic carbocycles. The quantitative estimate of drug-likeness (QED) is 0.624. The predicted molar refractivity (Wildman–Crippen MR) is 65.8 cm³/mol. The summed E-state index contributed by atoms with van der Waals surface area (Å²) in [6.07, 6.45) is 1.38. The molecule has 0 spiro atoms. The maximum absolute atomic E-state index is 5.66. The fourth-order valence-corrected chi connectivity index (χ4v) is 14.2. The van der Waals surface area contributed by atoms with Crippen LogP contribution in [-0.2, 0) is 0 Å². The van der Waals surface area contributed by atoms with Crippen LogP contribution in [0.15, 0.2) is 24.3 Å². The van der Waals surface area contributed by atoms with E-state index in [1.165, 1.54) is 17.9 Å². The Morgan fingerprint density at radius 1 is 1.08 bits per heavy atom. The standard InChI is InChI=1S/C9H12AsNS2/c11-9-4-2-8(3-5-9)10-12-6-1-7-13-10/h2-5H,1,6-7,11H2. The van der Waals surface area contributed by atoms with Crippen molar-refractivity contribution < 1.29 is 0 Å². The topological polar surface area (TPSA) is 26.0 Å². The summed E-state index contributed by atoms with van der Waals surface area (Å²) in [4.78, 5) is 0. The van der Waals surface area contributed by atoms with Crippen LogP contribution in [0.25, 0.3) is 0 Å². The Bertz CT molecular complexity index is 269. The number of nitrogens with two attached hydrogens (primary N) is 1. The molecule has 0 saturated carbocycles. The normalized spacial score (nSPS) is 18.8. The van der Waals surface area contributed by atoms with Gasteiger partial charge in [0.15, 0.2) is 0 Å². The van der Waals surface area contributed by atoms with Crippen LogP contribution in [0.5, 0.6) is 0 Å². The van der Waals surface area contributed by atoms with Crippen LogP contribution in [0.1, 0.15) is 6.42 Å². The van der Waals surface area contributed by atoms with Gasteiger partial charge in [0, 0.05) is 0 Å². The van der Waals surface area contributed by atoms with E-state index in [-0.39, 0.29) is 0 Å². The number of benzene rings is 1. The van der Waals surface area contributed by atoms with Gasteiger partial charge in [-0.2, -0.15) is 0 Å². The first-order valence-corrected chi connectivity index (χ1v) is 11.7. The van der Waals surface area contributed by atoms with Crippen LogP contribution in [0.2, 0.25) is 0 Å². The Morgan fingerprint density at radius 3 is 2.31 bits per heavy atom. The Morgan fingerprint density at radius 2 is 1.69 bits per heavy atom. The van der Waals surface area contributed by atoms with Crippen LogP contribution < -0.4 is 10.1 Å². The summed E-state index contributed by atoms with van der Waals surface area (Å²) in [5, 5.41) is 0. The van der Waals surface area contributed by atoms with Crippen LogP contribution in [0.4, 0.5) is 5.69 Å². The van der Waals surface area contributed by atoms with E-state index in [1.807, 2.05) is 12.1 Å². The van der Waals surface area contributed by atoms with Gasteiger partial charge in [-0.15, -0.1) is 0 Å². The summed E-state index contributed by atoms with van der Waals surface area (Å²) in [5.41, 5.74) is 6.54. The second-order valence-electron chi connectivity index (χ2n) is 2.87. The van der Waals surface area contributed by atoms with E-state index in [2.05, 4.69) is 32.2 Å². The van der Waals surface area contributed by atoms with Gasteiger partial charge < -0.3 is 0 Å². The molecule has 0 atom stereocenters. The van der Waals surface area contributed by atoms with Crippen molar-refractivity contribution in [3.8, 4) is 0 Å². The summed E-state index contributed by atoms with van der Waals surface area (Å²) < 4.78 is 1.55. The fraction of sp³-hybridized carbons (Fsp3) is 0.333. The molecule has 1 heterocycles. The van der Waals surface area contributed by atoms with Gasteiger partial charge >= 0.3 is 90.4 Å². The van der Waals surface area contributed by atoms with Gasteiger partial charge in [0.1, 0.15) is 0 Å². The molecule has 0 aromatic heterocycles. The van der Waals surface area contributed by atoms with Gasteiger partial charge in [0.05, 0.1) is 0 Å². The molecule has 4 heteroatoms. The molecular weight excluding hydrogens is 261 g/mol. The monoisotopic (exact) mass is 273 g/mol. The van der Waals surface area contributed by atoms with Crippen molar-refractivity contribution in [1.82, 2.24) is 0 Å². The third-order valence-electron chi connectivity index (χ3n) is 1.81. The van der Waals surface area contributed by atoms with Gasteiger partial charge in [-0.05, 0) is 0 Å². The Hall–Kier alpha value is 0.278. The van der Waals surface area contributed by atoms with Crippen molar-refractivity contribution in [1.29, 1.82) is 0 Å². The fourth-order valence-electron chi connectivity index (χ4n) is 1.14. The molecule has 70 valence electrons. The van der Waals surface area contributed by atoms with Crippen LogP contribution in [-0.4, -0.2) is 23.8 Å². The summed E-state index contributed by atoms with van der Waals surface area (Å²) in [6.45, 7) is 0. The zero-order valence-electron chi connectivity index (χ0n) is 7.27. The van der Waals surface area contributed by atoms with Crippen molar-refractivity contribution in [2.45, 2.75) is 6.42 Å². The molecule has 13 heavy (non-hydrogen) atoms. The molecule has 1 aliphatic rings. The first-order chi connectivity index (χ1) is 6.36. The van der Waals surface area contributed by atoms with E-state index >= 15 is 0 Å². The van der Waals surface area contributed by atoms with Crippen molar-refractivity contribution in [3.63, 3.8) is 0 Å². The molecule has 2 rings (SSSR count). The second kappa shape index (κ2) is 4.67. The van der Waals surface area contributed by atoms with E-state index in [4.69, 9.17) is 5.73 Å². The average molecular weight is 273 g/mol. The molecular formula is C9H12AsNS2. The van der Waals surface area contributed by atoms with Gasteiger partial charge in [-0.25, -0.2) is 0 Å². The molecule has 1 nitrogen and oxygen atoms in total. The van der Waals surface area contributed by atoms with Gasteiger partial charge in [0.25, 0.3) is 0 Å². The van der Waals surface area contributed by atoms with E-state index in [0.29, 0.717) is 0 Å². The van der Waals surface area contributed by atoms with Crippen molar-refractivity contribution >= 4 is 42.4 Å². The summed E-state index contributed by atoms with van der Waals surface area (Å²) in [5.74, 6) is 2.72. The van der Waals surface area contributed by atoms with Crippen LogP contribution >= 0.6 is 20.0 Å². The van der Waals surface area contributed by atoms with E-state index < -0.39 is 12.3 Å². The van der Waals surface area contributed by atoms with E-state index in [9.17, 15) is 0 Å². The SMILES string of the molecule is Nc1ccc([As]2SCCCS2)cc1. The molecule has 1 saturated heterocycles. The molecule has 0 amide bonds. The third kappa shape index (κ3) is 2.61. The third-order valence-corrected chi connectivity index (χ3v) is 15.5. The predicted octanol–water partition coefficient (Wildman–Crippen LogP) is 1.83. The summed E-state index contributed by atoms with van der Waals surface area (Å²) >= 11 is -0.795. The summed E-state index contributed by atoms with van der Waals surface area (Å²) in [7, 11) is 4.38. The first-order valence-electron chi connectivity index (χ1n) is 4.28. The molecule has 1 fully saturated rings. The summed E-state index contributed by atoms with van der Waals surface area (Å²) in [6, 6.07) is 8.47. The molecule has 1 aliphatic heterocycles. The minimum absolute atomic E-state index is 0.795. The Kier molecular flexibility index (Phi) is 3.53. The second-order valence-corrected chi connectivity index (χ2v) is 14.6. The molecule has 2 N–H and O–H groups in total. The van der Waals surface area contributed by atoms with E-state index in [1.54, 1.807) is 4.35 Å². The van der Waals surface area contributed by atoms with Crippen molar-refractivity contribution in [2.75, 3.05) is 17.2 Å². The Balaban J connectivity index is 2.10. The number of hydrogen-bond donors (Lipinski definition) is 1. The van der Waals surface area contributed by atoms with Gasteiger partial charge in [-0.1, -0.05) is 0 Å².